The van der Waals surface area contributed by atoms with Gasteiger partial charge in [-0.05, 0) is 31.2 Å². The van der Waals surface area contributed by atoms with Crippen LogP contribution in [0.25, 0.3) is 0 Å². The number of aromatic nitrogens is 1. The zero-order chi connectivity index (χ0) is 16.7. The fourth-order valence-electron chi connectivity index (χ4n) is 1.96. The van der Waals surface area contributed by atoms with Crippen LogP contribution in [0.5, 0.6) is 5.75 Å². The van der Waals surface area contributed by atoms with Crippen LogP contribution in [0, 0.1) is 5.82 Å². The van der Waals surface area contributed by atoms with Crippen molar-refractivity contribution in [3.63, 3.8) is 0 Å². The maximum atomic E-state index is 13.0. The topological polar surface area (TPSA) is 60.5 Å². The molecule has 1 aromatic heterocycles. The fourth-order valence-corrected chi connectivity index (χ4v) is 1.96. The molecule has 0 saturated heterocycles. The van der Waals surface area contributed by atoms with Crippen molar-refractivity contribution in [1.82, 2.24) is 10.3 Å². The molecule has 1 unspecified atom stereocenters. The van der Waals surface area contributed by atoms with E-state index in [1.54, 1.807) is 31.4 Å². The van der Waals surface area contributed by atoms with Gasteiger partial charge in [0.15, 0.2) is 0 Å². The van der Waals surface area contributed by atoms with E-state index in [9.17, 15) is 9.18 Å². The normalized spacial score (nSPS) is 11.8. The number of benzene rings is 1. The van der Waals surface area contributed by atoms with E-state index in [0.717, 1.165) is 0 Å². The predicted molar refractivity (Wildman–Crippen MR) is 83.8 cm³/mol. The van der Waals surface area contributed by atoms with E-state index in [0.29, 0.717) is 23.6 Å². The molecule has 0 spiro atoms. The van der Waals surface area contributed by atoms with E-state index in [1.807, 2.05) is 6.92 Å². The Labute approximate surface area is 134 Å². The highest BCUT2D eigenvalue weighted by molar-refractivity contribution is 5.94. The van der Waals surface area contributed by atoms with Crippen LogP contribution in [0.15, 0.2) is 42.6 Å². The number of rotatable bonds is 7. The number of ether oxygens (including phenoxy) is 2. The van der Waals surface area contributed by atoms with Gasteiger partial charge in [-0.2, -0.15) is 0 Å². The number of amides is 1. The van der Waals surface area contributed by atoms with Crippen molar-refractivity contribution in [3.8, 4) is 5.75 Å². The Morgan fingerprint density at radius 3 is 2.83 bits per heavy atom. The summed E-state index contributed by atoms with van der Waals surface area (Å²) < 4.78 is 23.5. The number of methoxy groups -OCH3 is 1. The second-order valence-electron chi connectivity index (χ2n) is 5.11. The van der Waals surface area contributed by atoms with Crippen LogP contribution < -0.4 is 10.1 Å². The Morgan fingerprint density at radius 1 is 1.35 bits per heavy atom. The molecular formula is C17H19FN2O3. The third-order valence-electron chi connectivity index (χ3n) is 3.06. The van der Waals surface area contributed by atoms with Crippen LogP contribution in [-0.4, -0.2) is 30.6 Å². The molecule has 1 N–H and O–H groups in total. The molecule has 122 valence electrons. The van der Waals surface area contributed by atoms with Crippen LogP contribution >= 0.6 is 0 Å². The van der Waals surface area contributed by atoms with E-state index in [2.05, 4.69) is 10.3 Å². The van der Waals surface area contributed by atoms with Gasteiger partial charge in [0.2, 0.25) is 0 Å². The second-order valence-corrected chi connectivity index (χ2v) is 5.11. The fraction of sp³-hybridized carbons (Fsp3) is 0.294. The lowest BCUT2D eigenvalue weighted by atomic mass is 10.2. The van der Waals surface area contributed by atoms with Gasteiger partial charge in [0, 0.05) is 25.4 Å². The Hall–Kier alpha value is -2.47. The van der Waals surface area contributed by atoms with Gasteiger partial charge < -0.3 is 14.8 Å². The first kappa shape index (κ1) is 16.9. The Kier molecular flexibility index (Phi) is 6.05. The lowest BCUT2D eigenvalue weighted by molar-refractivity contribution is 0.0905. The van der Waals surface area contributed by atoms with Crippen LogP contribution in [0.2, 0.25) is 0 Å². The lowest BCUT2D eigenvalue weighted by Gasteiger charge is -2.12. The molecule has 1 heterocycles. The van der Waals surface area contributed by atoms with Gasteiger partial charge in [-0.25, -0.2) is 4.39 Å². The Balaban J connectivity index is 1.90. The molecule has 2 rings (SSSR count). The Morgan fingerprint density at radius 2 is 2.17 bits per heavy atom. The summed E-state index contributed by atoms with van der Waals surface area (Å²) >= 11 is 0. The number of nitrogens with one attached hydrogen (secondary N) is 1. The van der Waals surface area contributed by atoms with Gasteiger partial charge in [0.25, 0.3) is 5.91 Å². The number of nitrogens with zero attached hydrogens (tertiary/aromatic N) is 1. The smallest absolute Gasteiger partial charge is 0.253 e. The Bertz CT molecular complexity index is 647. The third kappa shape index (κ3) is 5.34. The van der Waals surface area contributed by atoms with Gasteiger partial charge in [-0.1, -0.05) is 6.07 Å². The molecule has 0 bridgehead atoms. The molecule has 1 amide bonds. The molecule has 2 aromatic rings. The van der Waals surface area contributed by atoms with Crippen LogP contribution in [0.1, 0.15) is 23.0 Å². The first-order valence-corrected chi connectivity index (χ1v) is 7.21. The van der Waals surface area contributed by atoms with Crippen LogP contribution in [-0.2, 0) is 11.3 Å². The standard InChI is InChI=1S/C17H19FN2O3/c1-12(10-22-2)20-17(21)13-6-7-15(19-9-13)11-23-16-5-3-4-14(18)8-16/h3-9,12H,10-11H2,1-2H3,(H,20,21). The largest absolute Gasteiger partial charge is 0.487 e. The van der Waals surface area contributed by atoms with Crippen molar-refractivity contribution in [3.05, 3.63) is 59.7 Å². The van der Waals surface area contributed by atoms with Crippen molar-refractivity contribution in [2.75, 3.05) is 13.7 Å². The summed E-state index contributed by atoms with van der Waals surface area (Å²) in [6.07, 6.45) is 1.49. The van der Waals surface area contributed by atoms with Crippen LogP contribution in [0.4, 0.5) is 4.39 Å². The number of halogens is 1. The summed E-state index contributed by atoms with van der Waals surface area (Å²) in [6, 6.07) is 9.20. The van der Waals surface area contributed by atoms with Gasteiger partial charge in [0.05, 0.1) is 17.9 Å². The monoisotopic (exact) mass is 318 g/mol. The molecule has 1 atom stereocenters. The minimum absolute atomic E-state index is 0.0801. The highest BCUT2D eigenvalue weighted by atomic mass is 19.1. The number of carbonyl (C=O) groups excluding carboxylic acids is 1. The van der Waals surface area contributed by atoms with E-state index in [4.69, 9.17) is 9.47 Å². The zero-order valence-corrected chi connectivity index (χ0v) is 13.1. The SMILES string of the molecule is COCC(C)NC(=O)c1ccc(COc2cccc(F)c2)nc1. The second kappa shape index (κ2) is 8.24. The number of hydrogen-bond acceptors (Lipinski definition) is 4. The van der Waals surface area contributed by atoms with E-state index >= 15 is 0 Å². The first-order chi connectivity index (χ1) is 11.1. The van der Waals surface area contributed by atoms with E-state index < -0.39 is 0 Å². The van der Waals surface area contributed by atoms with Gasteiger partial charge in [-0.15, -0.1) is 0 Å². The first-order valence-electron chi connectivity index (χ1n) is 7.21. The average Bonchev–Trinajstić information content (AvgIpc) is 2.53. The average molecular weight is 318 g/mol. The number of hydrogen-bond donors (Lipinski definition) is 1. The summed E-state index contributed by atoms with van der Waals surface area (Å²) in [5.74, 6) is -0.130. The molecule has 5 nitrogen and oxygen atoms in total. The summed E-state index contributed by atoms with van der Waals surface area (Å²) in [5, 5.41) is 2.80. The van der Waals surface area contributed by atoms with Gasteiger partial charge in [-0.3, -0.25) is 9.78 Å². The summed E-state index contributed by atoms with van der Waals surface area (Å²) in [6.45, 7) is 2.50. The quantitative estimate of drug-likeness (QED) is 0.852. The molecule has 0 aliphatic carbocycles. The van der Waals surface area contributed by atoms with E-state index in [-0.39, 0.29) is 24.4 Å². The maximum Gasteiger partial charge on any atom is 0.253 e. The molecular weight excluding hydrogens is 299 g/mol. The van der Waals surface area contributed by atoms with Crippen molar-refractivity contribution < 1.29 is 18.7 Å². The summed E-state index contributed by atoms with van der Waals surface area (Å²) in [7, 11) is 1.58. The summed E-state index contributed by atoms with van der Waals surface area (Å²) in [5.41, 5.74) is 1.11. The molecule has 0 fully saturated rings. The molecule has 0 aliphatic heterocycles. The van der Waals surface area contributed by atoms with Crippen molar-refractivity contribution in [2.24, 2.45) is 0 Å². The molecule has 0 saturated carbocycles. The molecule has 0 aliphatic rings. The van der Waals surface area contributed by atoms with Gasteiger partial charge >= 0.3 is 0 Å². The van der Waals surface area contributed by atoms with Crippen molar-refractivity contribution in [2.45, 2.75) is 19.6 Å². The predicted octanol–water partition coefficient (Wildman–Crippen LogP) is 2.56. The molecule has 23 heavy (non-hydrogen) atoms. The van der Waals surface area contributed by atoms with Gasteiger partial charge in [0.1, 0.15) is 18.2 Å². The number of carbonyl (C=O) groups is 1. The molecule has 0 radical (unpaired) electrons. The maximum absolute atomic E-state index is 13.0. The minimum atomic E-state index is -0.354. The highest BCUT2D eigenvalue weighted by Gasteiger charge is 2.10. The third-order valence-corrected chi connectivity index (χ3v) is 3.06. The molecule has 6 heteroatoms. The lowest BCUT2D eigenvalue weighted by Crippen LogP contribution is -2.35. The van der Waals surface area contributed by atoms with Crippen molar-refractivity contribution >= 4 is 5.91 Å². The van der Waals surface area contributed by atoms with Crippen molar-refractivity contribution in [1.29, 1.82) is 0 Å². The van der Waals surface area contributed by atoms with E-state index in [1.165, 1.54) is 18.3 Å². The number of pyridine rings is 1. The minimum Gasteiger partial charge on any atom is -0.487 e. The summed E-state index contributed by atoms with van der Waals surface area (Å²) in [4.78, 5) is 16.2. The zero-order valence-electron chi connectivity index (χ0n) is 13.1. The highest BCUT2D eigenvalue weighted by Crippen LogP contribution is 2.13. The van der Waals surface area contributed by atoms with Crippen LogP contribution in [0.3, 0.4) is 0 Å². The molecule has 1 aromatic carbocycles.